The van der Waals surface area contributed by atoms with Crippen LogP contribution in [0, 0.1) is 5.82 Å². The van der Waals surface area contributed by atoms with E-state index in [0.717, 1.165) is 16.5 Å². The van der Waals surface area contributed by atoms with Gasteiger partial charge in [-0.05, 0) is 56.5 Å². The maximum Gasteiger partial charge on any atom is 0.410 e. The molecular weight excluding hydrogens is 465 g/mol. The highest BCUT2D eigenvalue weighted by atomic mass is 19.1. The van der Waals surface area contributed by atoms with Crippen LogP contribution in [-0.4, -0.2) is 58.0 Å². The van der Waals surface area contributed by atoms with Gasteiger partial charge in [0, 0.05) is 35.6 Å². The first-order valence-corrected chi connectivity index (χ1v) is 12.0. The molecule has 9 heteroatoms. The van der Waals surface area contributed by atoms with Crippen molar-refractivity contribution in [2.24, 2.45) is 0 Å². The van der Waals surface area contributed by atoms with Crippen molar-refractivity contribution in [1.29, 1.82) is 0 Å². The van der Waals surface area contributed by atoms with E-state index in [-0.39, 0.29) is 25.5 Å². The Morgan fingerprint density at radius 2 is 1.97 bits per heavy atom. The van der Waals surface area contributed by atoms with Gasteiger partial charge in [0.25, 0.3) is 0 Å². The molecule has 1 saturated heterocycles. The first-order valence-electron chi connectivity index (χ1n) is 12.0. The van der Waals surface area contributed by atoms with E-state index in [1.807, 2.05) is 30.3 Å². The summed E-state index contributed by atoms with van der Waals surface area (Å²) < 4.78 is 24.8. The maximum atomic E-state index is 13.8. The van der Waals surface area contributed by atoms with Gasteiger partial charge < -0.3 is 29.8 Å². The molecule has 0 radical (unpaired) electrons. The number of likely N-dealkylation sites (tertiary alicyclic amines) is 1. The molecule has 1 fully saturated rings. The van der Waals surface area contributed by atoms with Crippen molar-refractivity contribution in [2.45, 2.75) is 57.5 Å². The molecule has 0 aliphatic carbocycles. The minimum Gasteiger partial charge on any atom is -0.445 e. The molecular formula is C27H32FN3O5. The lowest BCUT2D eigenvalue weighted by atomic mass is 9.89. The van der Waals surface area contributed by atoms with E-state index in [0.29, 0.717) is 11.9 Å². The number of aromatic amines is 1. The van der Waals surface area contributed by atoms with Gasteiger partial charge in [-0.2, -0.15) is 0 Å². The number of aliphatic hydroxyl groups is 1. The monoisotopic (exact) mass is 497 g/mol. The second kappa shape index (κ2) is 10.6. The average molecular weight is 498 g/mol. The zero-order chi connectivity index (χ0) is 25.9. The van der Waals surface area contributed by atoms with Crippen LogP contribution in [-0.2, 0) is 16.1 Å². The Kier molecular flexibility index (Phi) is 7.49. The van der Waals surface area contributed by atoms with Crippen LogP contribution in [0.1, 0.15) is 44.2 Å². The van der Waals surface area contributed by atoms with E-state index >= 15 is 0 Å². The van der Waals surface area contributed by atoms with Crippen LogP contribution in [0.5, 0.6) is 0 Å². The first-order chi connectivity index (χ1) is 17.1. The number of carbonyl (C=O) groups is 2. The largest absolute Gasteiger partial charge is 0.445 e. The van der Waals surface area contributed by atoms with Crippen LogP contribution in [0.25, 0.3) is 10.9 Å². The number of β-amino-alcohol motifs (C(OH)–C–C–N with tert-alkyl or cyclic N) is 1. The lowest BCUT2D eigenvalue weighted by Crippen LogP contribution is -2.45. The molecule has 1 aliphatic rings. The number of nitrogens with one attached hydrogen (secondary N) is 2. The zero-order valence-electron chi connectivity index (χ0n) is 20.7. The van der Waals surface area contributed by atoms with Crippen molar-refractivity contribution >= 4 is 23.1 Å². The number of aromatic nitrogens is 1. The summed E-state index contributed by atoms with van der Waals surface area (Å²) in [5, 5.41) is 14.1. The molecule has 1 aromatic heterocycles. The molecule has 4 rings (SSSR count). The summed E-state index contributed by atoms with van der Waals surface area (Å²) in [7, 11) is 0. The number of ether oxygens (including phenoxy) is 2. The predicted molar refractivity (Wildman–Crippen MR) is 133 cm³/mol. The number of H-pyrrole nitrogens is 1. The zero-order valence-corrected chi connectivity index (χ0v) is 20.7. The third-order valence-corrected chi connectivity index (χ3v) is 6.17. The molecule has 1 aliphatic heterocycles. The summed E-state index contributed by atoms with van der Waals surface area (Å²) in [6.45, 7) is 5.71. The number of rotatable bonds is 6. The van der Waals surface area contributed by atoms with Crippen LogP contribution in [0.15, 0.2) is 54.7 Å². The molecule has 8 nitrogen and oxygen atoms in total. The fraction of sp³-hybridized carbons (Fsp3) is 0.407. The predicted octanol–water partition coefficient (Wildman–Crippen LogP) is 4.69. The Balaban J connectivity index is 1.57. The van der Waals surface area contributed by atoms with Gasteiger partial charge in [0.15, 0.2) is 0 Å². The van der Waals surface area contributed by atoms with Gasteiger partial charge in [0.2, 0.25) is 0 Å². The number of amides is 2. The van der Waals surface area contributed by atoms with Crippen molar-refractivity contribution in [2.75, 3.05) is 13.1 Å². The smallest absolute Gasteiger partial charge is 0.410 e. The third-order valence-electron chi connectivity index (χ3n) is 6.17. The number of hydrogen-bond donors (Lipinski definition) is 3. The summed E-state index contributed by atoms with van der Waals surface area (Å²) in [5.74, 6) is -0.792. The van der Waals surface area contributed by atoms with E-state index in [9.17, 15) is 19.1 Å². The van der Waals surface area contributed by atoms with Crippen molar-refractivity contribution in [3.8, 4) is 0 Å². The van der Waals surface area contributed by atoms with Crippen molar-refractivity contribution in [1.82, 2.24) is 15.2 Å². The lowest BCUT2D eigenvalue weighted by Gasteiger charge is -2.33. The summed E-state index contributed by atoms with van der Waals surface area (Å²) in [5.41, 5.74) is 1.55. The van der Waals surface area contributed by atoms with E-state index in [2.05, 4.69) is 10.3 Å². The van der Waals surface area contributed by atoms with E-state index in [4.69, 9.17) is 9.47 Å². The summed E-state index contributed by atoms with van der Waals surface area (Å²) in [6.07, 6.45) is 0.184. The lowest BCUT2D eigenvalue weighted by molar-refractivity contribution is 0.0189. The molecule has 36 heavy (non-hydrogen) atoms. The second-order valence-electron chi connectivity index (χ2n) is 10.1. The topological polar surface area (TPSA) is 104 Å². The number of carbonyl (C=O) groups excluding carboxylic acids is 2. The number of aliphatic hydroxyl groups excluding tert-OH is 1. The Bertz CT molecular complexity index is 1210. The first kappa shape index (κ1) is 25.5. The minimum absolute atomic E-state index is 0.117. The fourth-order valence-corrected chi connectivity index (χ4v) is 4.60. The van der Waals surface area contributed by atoms with E-state index < -0.39 is 35.9 Å². The third kappa shape index (κ3) is 6.15. The molecule has 0 bridgehead atoms. The van der Waals surface area contributed by atoms with Gasteiger partial charge in [-0.1, -0.05) is 30.3 Å². The highest BCUT2D eigenvalue weighted by Gasteiger charge is 2.42. The number of alkyl carbamates (subject to hydrolysis) is 1. The normalized spacial score (nSPS) is 18.8. The Morgan fingerprint density at radius 1 is 1.22 bits per heavy atom. The second-order valence-corrected chi connectivity index (χ2v) is 10.1. The van der Waals surface area contributed by atoms with Crippen LogP contribution < -0.4 is 5.32 Å². The van der Waals surface area contributed by atoms with Crippen LogP contribution in [0.3, 0.4) is 0 Å². The fourth-order valence-electron chi connectivity index (χ4n) is 4.60. The van der Waals surface area contributed by atoms with E-state index in [1.165, 1.54) is 17.0 Å². The summed E-state index contributed by atoms with van der Waals surface area (Å²) >= 11 is 0. The molecule has 0 saturated carbocycles. The van der Waals surface area contributed by atoms with Crippen LogP contribution in [0.2, 0.25) is 0 Å². The van der Waals surface area contributed by atoms with Crippen molar-refractivity contribution < 1.29 is 28.6 Å². The van der Waals surface area contributed by atoms with Crippen molar-refractivity contribution in [3.63, 3.8) is 0 Å². The number of nitrogens with zero attached hydrogens (tertiary/aromatic N) is 1. The van der Waals surface area contributed by atoms with E-state index in [1.54, 1.807) is 33.0 Å². The maximum absolute atomic E-state index is 13.8. The Labute approximate surface area is 209 Å². The van der Waals surface area contributed by atoms with Crippen LogP contribution in [0.4, 0.5) is 14.0 Å². The minimum atomic E-state index is -0.738. The van der Waals surface area contributed by atoms with Crippen LogP contribution >= 0.6 is 0 Å². The number of hydrogen-bond acceptors (Lipinski definition) is 5. The quantitative estimate of drug-likeness (QED) is 0.459. The molecule has 2 amide bonds. The van der Waals surface area contributed by atoms with Gasteiger partial charge in [-0.3, -0.25) is 0 Å². The molecule has 3 atom stereocenters. The average Bonchev–Trinajstić information content (AvgIpc) is 3.41. The molecule has 2 aromatic carbocycles. The molecule has 3 aromatic rings. The molecule has 3 N–H and O–H groups in total. The van der Waals surface area contributed by atoms with Gasteiger partial charge in [-0.15, -0.1) is 0 Å². The Morgan fingerprint density at radius 3 is 2.69 bits per heavy atom. The molecule has 192 valence electrons. The molecule has 0 spiro atoms. The van der Waals surface area contributed by atoms with Gasteiger partial charge in [0.05, 0.1) is 12.6 Å². The SMILES string of the molecule is CC(C)(C)OC(=O)N1C[C@H](O)C[C@H]1[C@H](CNC(=O)OCc1ccccc1)c1c[nH]c2cc(F)ccc12. The molecule has 0 unspecified atom stereocenters. The Hall–Kier alpha value is -3.59. The van der Waals surface area contributed by atoms with Crippen molar-refractivity contribution in [3.05, 3.63) is 71.7 Å². The van der Waals surface area contributed by atoms with Gasteiger partial charge >= 0.3 is 12.2 Å². The van der Waals surface area contributed by atoms with Gasteiger partial charge in [0.1, 0.15) is 18.0 Å². The standard InChI is InChI=1S/C27H32FN3O5/c1-27(2,3)36-26(34)31-15-19(32)12-24(31)22(21-13-29-23-11-18(28)9-10-20(21)23)14-30-25(33)35-16-17-7-5-4-6-8-17/h4-11,13,19,22,24,29,32H,12,14-16H2,1-3H3,(H,30,33)/t19-,22-,24+/m1/s1. The highest BCUT2D eigenvalue weighted by molar-refractivity contribution is 5.84. The number of halogens is 1. The molecule has 2 heterocycles. The summed E-state index contributed by atoms with van der Waals surface area (Å²) in [4.78, 5) is 30.1. The summed E-state index contributed by atoms with van der Waals surface area (Å²) in [6, 6.07) is 13.3. The highest BCUT2D eigenvalue weighted by Crippen LogP contribution is 2.36. The van der Waals surface area contributed by atoms with Gasteiger partial charge in [-0.25, -0.2) is 14.0 Å². The number of benzene rings is 2. The number of fused-ring (bicyclic) bond motifs is 1.